The first-order valence-electron chi connectivity index (χ1n) is 5.96. The number of aryl methyl sites for hydroxylation is 1. The van der Waals surface area contributed by atoms with Gasteiger partial charge in [-0.3, -0.25) is 0 Å². The lowest BCUT2D eigenvalue weighted by atomic mass is 10.2. The van der Waals surface area contributed by atoms with Gasteiger partial charge in [-0.15, -0.1) is 0 Å². The number of amides is 2. The standard InChI is InChI=1S/C11H16N4O2/c1-8-7-17-10(13-8)15-5-4-14(11(15)16)9-2-3-12-6-9/h7,9,12H,2-6H2,1H3. The van der Waals surface area contributed by atoms with Crippen LogP contribution in [-0.2, 0) is 0 Å². The van der Waals surface area contributed by atoms with Gasteiger partial charge in [0, 0.05) is 25.7 Å². The number of urea groups is 1. The molecule has 1 aromatic heterocycles. The minimum absolute atomic E-state index is 0.0144. The Bertz CT molecular complexity index is 425. The predicted octanol–water partition coefficient (Wildman–Crippen LogP) is 0.587. The molecule has 1 aromatic rings. The Balaban J connectivity index is 1.75. The summed E-state index contributed by atoms with van der Waals surface area (Å²) < 4.78 is 5.28. The number of oxazole rings is 1. The molecule has 0 radical (unpaired) electrons. The van der Waals surface area contributed by atoms with Crippen LogP contribution in [0.2, 0.25) is 0 Å². The smallest absolute Gasteiger partial charge is 0.328 e. The molecule has 6 nitrogen and oxygen atoms in total. The van der Waals surface area contributed by atoms with E-state index in [-0.39, 0.29) is 6.03 Å². The van der Waals surface area contributed by atoms with E-state index < -0.39 is 0 Å². The molecule has 17 heavy (non-hydrogen) atoms. The topological polar surface area (TPSA) is 61.6 Å². The molecule has 2 aliphatic rings. The summed E-state index contributed by atoms with van der Waals surface area (Å²) in [5.41, 5.74) is 0.800. The van der Waals surface area contributed by atoms with Gasteiger partial charge in [-0.25, -0.2) is 9.69 Å². The van der Waals surface area contributed by atoms with E-state index in [9.17, 15) is 4.79 Å². The molecule has 3 heterocycles. The van der Waals surface area contributed by atoms with Crippen molar-refractivity contribution in [2.75, 3.05) is 31.1 Å². The van der Waals surface area contributed by atoms with Crippen molar-refractivity contribution in [3.8, 4) is 0 Å². The van der Waals surface area contributed by atoms with Gasteiger partial charge in [0.2, 0.25) is 0 Å². The normalized spacial score (nSPS) is 25.0. The van der Waals surface area contributed by atoms with Crippen LogP contribution >= 0.6 is 0 Å². The Hall–Kier alpha value is -1.56. The fourth-order valence-corrected chi connectivity index (χ4v) is 2.44. The molecule has 2 saturated heterocycles. The van der Waals surface area contributed by atoms with E-state index in [2.05, 4.69) is 10.3 Å². The van der Waals surface area contributed by atoms with Crippen molar-refractivity contribution in [3.05, 3.63) is 12.0 Å². The quantitative estimate of drug-likeness (QED) is 0.816. The number of rotatable bonds is 2. The van der Waals surface area contributed by atoms with Crippen LogP contribution < -0.4 is 10.2 Å². The van der Waals surface area contributed by atoms with Gasteiger partial charge in [0.1, 0.15) is 6.26 Å². The molecule has 3 rings (SSSR count). The number of anilines is 1. The second-order valence-electron chi connectivity index (χ2n) is 4.55. The summed E-state index contributed by atoms with van der Waals surface area (Å²) in [7, 11) is 0. The van der Waals surface area contributed by atoms with Crippen LogP contribution in [0.15, 0.2) is 10.7 Å². The van der Waals surface area contributed by atoms with E-state index in [0.717, 1.165) is 31.7 Å². The van der Waals surface area contributed by atoms with E-state index in [0.29, 0.717) is 18.6 Å². The third-order valence-corrected chi connectivity index (χ3v) is 3.35. The molecule has 92 valence electrons. The van der Waals surface area contributed by atoms with Gasteiger partial charge in [0.25, 0.3) is 0 Å². The van der Waals surface area contributed by atoms with Crippen LogP contribution in [0.1, 0.15) is 12.1 Å². The zero-order valence-corrected chi connectivity index (χ0v) is 9.85. The highest BCUT2D eigenvalue weighted by Gasteiger charge is 2.37. The maximum absolute atomic E-state index is 12.2. The molecule has 0 bridgehead atoms. The molecule has 2 fully saturated rings. The second-order valence-corrected chi connectivity index (χ2v) is 4.55. The number of hydrogen-bond donors (Lipinski definition) is 1. The summed E-state index contributed by atoms with van der Waals surface area (Å²) in [6, 6.07) is 0.755. The maximum atomic E-state index is 12.2. The largest absolute Gasteiger partial charge is 0.431 e. The van der Waals surface area contributed by atoms with E-state index in [4.69, 9.17) is 4.42 Å². The van der Waals surface area contributed by atoms with Gasteiger partial charge in [-0.1, -0.05) is 0 Å². The highest BCUT2D eigenvalue weighted by atomic mass is 16.4. The summed E-state index contributed by atoms with van der Waals surface area (Å²) in [6.45, 7) is 5.16. The molecule has 1 unspecified atom stereocenters. The molecule has 1 atom stereocenters. The van der Waals surface area contributed by atoms with Gasteiger partial charge in [-0.2, -0.15) is 4.98 Å². The minimum Gasteiger partial charge on any atom is -0.431 e. The average Bonchev–Trinajstić information content (AvgIpc) is 2.98. The Morgan fingerprint density at radius 2 is 2.41 bits per heavy atom. The maximum Gasteiger partial charge on any atom is 0.328 e. The van der Waals surface area contributed by atoms with Gasteiger partial charge in [-0.05, 0) is 19.9 Å². The molecule has 0 aromatic carbocycles. The number of nitrogens with zero attached hydrogens (tertiary/aromatic N) is 3. The fourth-order valence-electron chi connectivity index (χ4n) is 2.44. The first kappa shape index (κ1) is 10.6. The SMILES string of the molecule is Cc1coc(N2CCN(C3CCNC3)C2=O)n1. The van der Waals surface area contributed by atoms with Crippen LogP contribution in [0.5, 0.6) is 0 Å². The molecule has 0 saturated carbocycles. The Morgan fingerprint density at radius 1 is 1.53 bits per heavy atom. The van der Waals surface area contributed by atoms with Crippen molar-refractivity contribution in [1.82, 2.24) is 15.2 Å². The van der Waals surface area contributed by atoms with Gasteiger partial charge < -0.3 is 14.6 Å². The summed E-state index contributed by atoms with van der Waals surface area (Å²) >= 11 is 0. The van der Waals surface area contributed by atoms with Gasteiger partial charge in [0.15, 0.2) is 0 Å². The van der Waals surface area contributed by atoms with Crippen LogP contribution in [0, 0.1) is 6.92 Å². The number of carbonyl (C=O) groups is 1. The monoisotopic (exact) mass is 236 g/mol. The number of nitrogens with one attached hydrogen (secondary N) is 1. The molecule has 2 aliphatic heterocycles. The molecule has 0 aliphatic carbocycles. The summed E-state index contributed by atoms with van der Waals surface area (Å²) in [6.07, 6.45) is 2.60. The summed E-state index contributed by atoms with van der Waals surface area (Å²) in [5.74, 6) is 0. The molecule has 1 N–H and O–H groups in total. The Labute approximate surface area is 99.6 Å². The van der Waals surface area contributed by atoms with E-state index in [1.165, 1.54) is 0 Å². The van der Waals surface area contributed by atoms with E-state index >= 15 is 0 Å². The van der Waals surface area contributed by atoms with Crippen molar-refractivity contribution in [3.63, 3.8) is 0 Å². The Kier molecular flexibility index (Phi) is 2.51. The lowest BCUT2D eigenvalue weighted by Crippen LogP contribution is -2.40. The van der Waals surface area contributed by atoms with Gasteiger partial charge >= 0.3 is 12.0 Å². The second kappa shape index (κ2) is 4.03. The first-order chi connectivity index (χ1) is 8.25. The lowest BCUT2D eigenvalue weighted by molar-refractivity contribution is 0.204. The van der Waals surface area contributed by atoms with E-state index in [1.807, 2.05) is 11.8 Å². The van der Waals surface area contributed by atoms with Crippen LogP contribution in [0.3, 0.4) is 0 Å². The van der Waals surface area contributed by atoms with Crippen molar-refractivity contribution >= 4 is 12.0 Å². The molecular weight excluding hydrogens is 220 g/mol. The average molecular weight is 236 g/mol. The van der Waals surface area contributed by atoms with Crippen LogP contribution in [0.4, 0.5) is 10.8 Å². The number of hydrogen-bond acceptors (Lipinski definition) is 4. The predicted molar refractivity (Wildman–Crippen MR) is 62.0 cm³/mol. The summed E-state index contributed by atoms with van der Waals surface area (Å²) in [5, 5.41) is 3.28. The van der Waals surface area contributed by atoms with Crippen LogP contribution in [0.25, 0.3) is 0 Å². The van der Waals surface area contributed by atoms with Crippen molar-refractivity contribution < 1.29 is 9.21 Å². The molecule has 2 amide bonds. The zero-order valence-electron chi connectivity index (χ0n) is 9.85. The molecule has 6 heteroatoms. The molecular formula is C11H16N4O2. The number of aromatic nitrogens is 1. The van der Waals surface area contributed by atoms with E-state index in [1.54, 1.807) is 11.2 Å². The third-order valence-electron chi connectivity index (χ3n) is 3.35. The van der Waals surface area contributed by atoms with Crippen molar-refractivity contribution in [2.45, 2.75) is 19.4 Å². The zero-order chi connectivity index (χ0) is 11.8. The Morgan fingerprint density at radius 3 is 3.06 bits per heavy atom. The van der Waals surface area contributed by atoms with Crippen LogP contribution in [-0.4, -0.2) is 48.1 Å². The number of carbonyl (C=O) groups excluding carboxylic acids is 1. The van der Waals surface area contributed by atoms with Crippen molar-refractivity contribution in [2.24, 2.45) is 0 Å². The highest BCUT2D eigenvalue weighted by molar-refractivity contribution is 5.92. The van der Waals surface area contributed by atoms with Crippen molar-refractivity contribution in [1.29, 1.82) is 0 Å². The summed E-state index contributed by atoms with van der Waals surface area (Å²) in [4.78, 5) is 20.0. The molecule has 0 spiro atoms. The minimum atomic E-state index is 0.0144. The highest BCUT2D eigenvalue weighted by Crippen LogP contribution is 2.22. The van der Waals surface area contributed by atoms with Gasteiger partial charge in [0.05, 0.1) is 5.69 Å². The first-order valence-corrected chi connectivity index (χ1v) is 5.96. The fraction of sp³-hybridized carbons (Fsp3) is 0.636. The lowest BCUT2D eigenvalue weighted by Gasteiger charge is -2.22. The third kappa shape index (κ3) is 1.78.